The number of rotatable bonds is 4. The van der Waals surface area contributed by atoms with E-state index in [9.17, 15) is 8.42 Å². The summed E-state index contributed by atoms with van der Waals surface area (Å²) in [6.07, 6.45) is 2.34. The Morgan fingerprint density at radius 2 is 2.14 bits per heavy atom. The van der Waals surface area contributed by atoms with E-state index in [4.69, 9.17) is 4.74 Å². The highest BCUT2D eigenvalue weighted by atomic mass is 32.2. The molecule has 0 fully saturated rings. The van der Waals surface area contributed by atoms with Gasteiger partial charge >= 0.3 is 0 Å². The minimum absolute atomic E-state index is 0.228. The number of aromatic nitrogens is 1. The van der Waals surface area contributed by atoms with E-state index in [1.165, 1.54) is 13.3 Å². The first-order valence-corrected chi connectivity index (χ1v) is 7.96. The van der Waals surface area contributed by atoms with E-state index >= 15 is 0 Å². The number of fused-ring (bicyclic) bond motifs is 1. The largest absolute Gasteiger partial charge is 0.481 e. The molecule has 2 aromatic rings. The summed E-state index contributed by atoms with van der Waals surface area (Å²) in [6.45, 7) is 0.842. The second-order valence-corrected chi connectivity index (χ2v) is 6.37. The molecule has 2 N–H and O–H groups in total. The normalized spacial score (nSPS) is 13.4. The lowest BCUT2D eigenvalue weighted by Gasteiger charge is -2.09. The van der Waals surface area contributed by atoms with Gasteiger partial charge in [0.15, 0.2) is 0 Å². The van der Waals surface area contributed by atoms with Crippen molar-refractivity contribution in [2.75, 3.05) is 23.7 Å². The highest BCUT2D eigenvalue weighted by Gasteiger charge is 2.18. The second-order valence-electron chi connectivity index (χ2n) is 4.69. The summed E-state index contributed by atoms with van der Waals surface area (Å²) >= 11 is 0. The average molecular weight is 305 g/mol. The van der Waals surface area contributed by atoms with Crippen LogP contribution in [0.5, 0.6) is 5.88 Å². The van der Waals surface area contributed by atoms with Gasteiger partial charge in [-0.15, -0.1) is 0 Å². The molecule has 0 amide bonds. The molecule has 1 aromatic heterocycles. The van der Waals surface area contributed by atoms with Gasteiger partial charge in [0.1, 0.15) is 0 Å². The van der Waals surface area contributed by atoms with E-state index in [-0.39, 0.29) is 4.90 Å². The number of anilines is 2. The summed E-state index contributed by atoms with van der Waals surface area (Å²) in [5, 5.41) is 3.17. The molecule has 1 aliphatic rings. The van der Waals surface area contributed by atoms with Crippen LogP contribution in [-0.4, -0.2) is 27.1 Å². The Morgan fingerprint density at radius 3 is 2.86 bits per heavy atom. The van der Waals surface area contributed by atoms with Crippen molar-refractivity contribution < 1.29 is 13.2 Å². The predicted octanol–water partition coefficient (Wildman–Crippen LogP) is 1.86. The molecule has 0 atom stereocenters. The summed E-state index contributed by atoms with van der Waals surface area (Å²) in [4.78, 5) is 4.20. The molecule has 0 unspecified atom stereocenters. The van der Waals surface area contributed by atoms with E-state index in [0.29, 0.717) is 11.6 Å². The number of hydrogen-bond acceptors (Lipinski definition) is 5. The molecule has 1 aliphatic heterocycles. The smallest absolute Gasteiger partial charge is 0.262 e. The third kappa shape index (κ3) is 2.78. The Kier molecular flexibility index (Phi) is 3.42. The third-order valence-electron chi connectivity index (χ3n) is 3.30. The second kappa shape index (κ2) is 5.25. The lowest BCUT2D eigenvalue weighted by molar-refractivity contribution is 0.398. The van der Waals surface area contributed by atoms with Crippen molar-refractivity contribution in [2.45, 2.75) is 11.3 Å². The van der Waals surface area contributed by atoms with Crippen LogP contribution in [0.3, 0.4) is 0 Å². The summed E-state index contributed by atoms with van der Waals surface area (Å²) < 4.78 is 32.2. The molecular weight excluding hydrogens is 290 g/mol. The van der Waals surface area contributed by atoms with E-state index < -0.39 is 10.0 Å². The maximum atomic E-state index is 12.4. The van der Waals surface area contributed by atoms with Gasteiger partial charge in [-0.1, -0.05) is 6.07 Å². The van der Waals surface area contributed by atoms with Crippen LogP contribution in [0.4, 0.5) is 11.4 Å². The zero-order chi connectivity index (χ0) is 14.9. The Labute approximate surface area is 123 Å². The molecule has 21 heavy (non-hydrogen) atoms. The minimum Gasteiger partial charge on any atom is -0.481 e. The highest BCUT2D eigenvalue weighted by Crippen LogP contribution is 2.26. The number of ether oxygens (including phenoxy) is 1. The number of benzene rings is 1. The Balaban J connectivity index is 1.86. The standard InChI is InChI=1S/C14H15N3O3S/c1-20-14-5-3-11(9-16-14)17-21(18,19)12-4-2-10-6-7-15-13(10)8-12/h2-5,8-9,15,17H,6-7H2,1H3. The van der Waals surface area contributed by atoms with Crippen LogP contribution in [-0.2, 0) is 16.4 Å². The molecule has 6 nitrogen and oxygen atoms in total. The summed E-state index contributed by atoms with van der Waals surface area (Å²) in [6, 6.07) is 8.32. The van der Waals surface area contributed by atoms with Crippen LogP contribution in [0.1, 0.15) is 5.56 Å². The molecule has 0 spiro atoms. The SMILES string of the molecule is COc1ccc(NS(=O)(=O)c2ccc3c(c2)NCC3)cn1. The first kappa shape index (κ1) is 13.7. The quantitative estimate of drug-likeness (QED) is 0.901. The molecule has 2 heterocycles. The number of nitrogens with zero attached hydrogens (tertiary/aromatic N) is 1. The molecule has 0 aliphatic carbocycles. The van der Waals surface area contributed by atoms with Crippen molar-refractivity contribution in [1.29, 1.82) is 0 Å². The fraction of sp³-hybridized carbons (Fsp3) is 0.214. The Morgan fingerprint density at radius 1 is 1.29 bits per heavy atom. The van der Waals surface area contributed by atoms with E-state index in [1.54, 1.807) is 24.3 Å². The Bertz CT molecular complexity index is 758. The number of methoxy groups -OCH3 is 1. The van der Waals surface area contributed by atoms with Crippen molar-refractivity contribution in [2.24, 2.45) is 0 Å². The van der Waals surface area contributed by atoms with Gasteiger partial charge in [-0.2, -0.15) is 0 Å². The molecule has 0 saturated heterocycles. The van der Waals surface area contributed by atoms with Gasteiger partial charge in [-0.25, -0.2) is 13.4 Å². The lowest BCUT2D eigenvalue weighted by Crippen LogP contribution is -2.13. The lowest BCUT2D eigenvalue weighted by atomic mass is 10.2. The molecule has 110 valence electrons. The summed E-state index contributed by atoms with van der Waals surface area (Å²) in [7, 11) is -2.12. The predicted molar refractivity (Wildman–Crippen MR) is 80.2 cm³/mol. The van der Waals surface area contributed by atoms with Crippen LogP contribution in [0.15, 0.2) is 41.4 Å². The van der Waals surface area contributed by atoms with Gasteiger partial charge in [0, 0.05) is 18.3 Å². The first-order valence-electron chi connectivity index (χ1n) is 6.48. The van der Waals surface area contributed by atoms with Gasteiger partial charge in [0.05, 0.1) is 23.9 Å². The molecule has 0 radical (unpaired) electrons. The number of sulfonamides is 1. The Hall–Kier alpha value is -2.28. The third-order valence-corrected chi connectivity index (χ3v) is 4.68. The van der Waals surface area contributed by atoms with Crippen molar-refractivity contribution in [3.05, 3.63) is 42.1 Å². The van der Waals surface area contributed by atoms with Crippen molar-refractivity contribution >= 4 is 21.4 Å². The van der Waals surface area contributed by atoms with Gasteiger partial charge in [-0.3, -0.25) is 4.72 Å². The van der Waals surface area contributed by atoms with Crippen LogP contribution in [0.2, 0.25) is 0 Å². The van der Waals surface area contributed by atoms with Crippen LogP contribution in [0, 0.1) is 0 Å². The molecule has 7 heteroatoms. The first-order chi connectivity index (χ1) is 10.1. The van der Waals surface area contributed by atoms with E-state index in [0.717, 1.165) is 24.2 Å². The van der Waals surface area contributed by atoms with Gasteiger partial charge in [0.2, 0.25) is 5.88 Å². The minimum atomic E-state index is -3.63. The van der Waals surface area contributed by atoms with Crippen LogP contribution in [0.25, 0.3) is 0 Å². The number of nitrogens with one attached hydrogen (secondary N) is 2. The number of hydrogen-bond donors (Lipinski definition) is 2. The molecule has 1 aromatic carbocycles. The zero-order valence-corrected chi connectivity index (χ0v) is 12.3. The molecule has 3 rings (SSSR count). The van der Waals surface area contributed by atoms with Crippen molar-refractivity contribution in [3.8, 4) is 5.88 Å². The average Bonchev–Trinajstić information content (AvgIpc) is 2.95. The van der Waals surface area contributed by atoms with Crippen molar-refractivity contribution in [3.63, 3.8) is 0 Å². The fourth-order valence-corrected chi connectivity index (χ4v) is 3.28. The van der Waals surface area contributed by atoms with Gasteiger partial charge in [0.25, 0.3) is 10.0 Å². The molecule has 0 bridgehead atoms. The van der Waals surface area contributed by atoms with E-state index in [2.05, 4.69) is 15.0 Å². The maximum Gasteiger partial charge on any atom is 0.262 e. The topological polar surface area (TPSA) is 80.3 Å². The van der Waals surface area contributed by atoms with E-state index in [1.807, 2.05) is 6.07 Å². The number of pyridine rings is 1. The van der Waals surface area contributed by atoms with Gasteiger partial charge in [-0.05, 0) is 30.2 Å². The monoisotopic (exact) mass is 305 g/mol. The molecular formula is C14H15N3O3S. The summed E-state index contributed by atoms with van der Waals surface area (Å²) in [5.74, 6) is 0.430. The maximum absolute atomic E-state index is 12.4. The van der Waals surface area contributed by atoms with Gasteiger partial charge < -0.3 is 10.1 Å². The highest BCUT2D eigenvalue weighted by molar-refractivity contribution is 7.92. The van der Waals surface area contributed by atoms with Crippen LogP contribution < -0.4 is 14.8 Å². The zero-order valence-electron chi connectivity index (χ0n) is 11.5. The summed E-state index contributed by atoms with van der Waals surface area (Å²) in [5.41, 5.74) is 2.41. The molecule has 0 saturated carbocycles. The van der Waals surface area contributed by atoms with Crippen LogP contribution >= 0.6 is 0 Å². The van der Waals surface area contributed by atoms with Crippen molar-refractivity contribution in [1.82, 2.24) is 4.98 Å². The fourth-order valence-electron chi connectivity index (χ4n) is 2.21.